The molecule has 0 aromatic heterocycles. The van der Waals surface area contributed by atoms with Crippen molar-refractivity contribution in [2.75, 3.05) is 6.54 Å². The molecule has 0 saturated carbocycles. The molecular formula is C20H28N2O4. The zero-order valence-electron chi connectivity index (χ0n) is 15.7. The number of carbonyl (C=O) groups excluding carboxylic acids is 2. The third kappa shape index (κ3) is 5.79. The average molecular weight is 360 g/mol. The first-order valence-corrected chi connectivity index (χ1v) is 8.88. The lowest BCUT2D eigenvalue weighted by Crippen LogP contribution is -2.47. The van der Waals surface area contributed by atoms with Crippen LogP contribution in [0.25, 0.3) is 0 Å². The number of carbonyl (C=O) groups is 2. The number of hydrogen-bond acceptors (Lipinski definition) is 4. The van der Waals surface area contributed by atoms with E-state index in [1.165, 1.54) is 0 Å². The average Bonchev–Trinajstić information content (AvgIpc) is 2.95. The number of nitrogens with zero attached hydrogens (tertiary/aromatic N) is 1. The lowest BCUT2D eigenvalue weighted by atomic mass is 10.1. The van der Waals surface area contributed by atoms with E-state index < -0.39 is 11.7 Å². The van der Waals surface area contributed by atoms with E-state index in [1.807, 2.05) is 51.1 Å². The van der Waals surface area contributed by atoms with Gasteiger partial charge in [0.2, 0.25) is 0 Å². The second-order valence-corrected chi connectivity index (χ2v) is 7.37. The summed E-state index contributed by atoms with van der Waals surface area (Å²) in [5.74, 6) is 0. The van der Waals surface area contributed by atoms with Crippen molar-refractivity contribution in [1.29, 1.82) is 0 Å². The van der Waals surface area contributed by atoms with E-state index in [2.05, 4.69) is 11.9 Å². The summed E-state index contributed by atoms with van der Waals surface area (Å²) in [5, 5.41) is 2.87. The number of nitrogens with one attached hydrogen (secondary N) is 1. The van der Waals surface area contributed by atoms with Crippen molar-refractivity contribution in [3.63, 3.8) is 0 Å². The molecule has 0 aliphatic carbocycles. The van der Waals surface area contributed by atoms with Crippen LogP contribution in [0.2, 0.25) is 0 Å². The predicted octanol–water partition coefficient (Wildman–Crippen LogP) is 3.87. The largest absolute Gasteiger partial charge is 0.445 e. The monoisotopic (exact) mass is 360 g/mol. The van der Waals surface area contributed by atoms with Gasteiger partial charge in [-0.25, -0.2) is 9.59 Å². The fraction of sp³-hybridized carbons (Fsp3) is 0.500. The van der Waals surface area contributed by atoms with Crippen LogP contribution in [0.4, 0.5) is 9.59 Å². The number of rotatable bonds is 5. The molecule has 2 amide bonds. The van der Waals surface area contributed by atoms with Crippen molar-refractivity contribution in [3.8, 4) is 0 Å². The molecule has 1 fully saturated rings. The van der Waals surface area contributed by atoms with Gasteiger partial charge in [-0.15, -0.1) is 6.58 Å². The first-order valence-electron chi connectivity index (χ1n) is 8.88. The number of alkyl carbamates (subject to hydrolysis) is 1. The molecule has 0 bridgehead atoms. The van der Waals surface area contributed by atoms with Crippen molar-refractivity contribution in [3.05, 3.63) is 48.6 Å². The number of hydrogen-bond donors (Lipinski definition) is 1. The highest BCUT2D eigenvalue weighted by Crippen LogP contribution is 2.24. The maximum atomic E-state index is 12.4. The Kier molecular flexibility index (Phi) is 6.66. The van der Waals surface area contributed by atoms with Gasteiger partial charge in [-0.1, -0.05) is 36.4 Å². The van der Waals surface area contributed by atoms with Gasteiger partial charge in [0.25, 0.3) is 0 Å². The Morgan fingerprint density at radius 1 is 1.31 bits per heavy atom. The number of ether oxygens (including phenoxy) is 2. The summed E-state index contributed by atoms with van der Waals surface area (Å²) in [4.78, 5) is 26.2. The molecule has 1 aliphatic heterocycles. The van der Waals surface area contributed by atoms with Crippen LogP contribution < -0.4 is 5.32 Å². The van der Waals surface area contributed by atoms with Crippen LogP contribution in [0.15, 0.2) is 43.0 Å². The smallest absolute Gasteiger partial charge is 0.410 e. The standard InChI is InChI=1S/C20H28N2O4/c1-5-9-17-16(12-13-22(17)19(24)26-20(2,3)4)21-18(23)25-14-15-10-7-6-8-11-15/h5-8,10-11,16-17H,1,9,12-14H2,2-4H3,(H,21,23)/t16?,17-/m1/s1. The van der Waals surface area contributed by atoms with E-state index >= 15 is 0 Å². The molecule has 0 radical (unpaired) electrons. The SMILES string of the molecule is C=CC[C@@H]1C(NC(=O)OCc2ccccc2)CCN1C(=O)OC(C)(C)C. The van der Waals surface area contributed by atoms with Crippen molar-refractivity contribution < 1.29 is 19.1 Å². The van der Waals surface area contributed by atoms with Gasteiger partial charge in [0.15, 0.2) is 0 Å². The minimum Gasteiger partial charge on any atom is -0.445 e. The van der Waals surface area contributed by atoms with Crippen molar-refractivity contribution in [2.45, 2.75) is 57.9 Å². The summed E-state index contributed by atoms with van der Waals surface area (Å²) < 4.78 is 10.7. The maximum Gasteiger partial charge on any atom is 0.410 e. The molecule has 1 aliphatic rings. The van der Waals surface area contributed by atoms with Crippen LogP contribution >= 0.6 is 0 Å². The second kappa shape index (κ2) is 8.74. The summed E-state index contributed by atoms with van der Waals surface area (Å²) in [5.41, 5.74) is 0.364. The first kappa shape index (κ1) is 19.8. The van der Waals surface area contributed by atoms with Gasteiger partial charge in [0.1, 0.15) is 12.2 Å². The normalized spacial score (nSPS) is 19.7. The van der Waals surface area contributed by atoms with Gasteiger partial charge < -0.3 is 19.7 Å². The molecule has 6 heteroatoms. The van der Waals surface area contributed by atoms with Crippen molar-refractivity contribution in [2.24, 2.45) is 0 Å². The number of amides is 2. The van der Waals surface area contributed by atoms with E-state index in [-0.39, 0.29) is 24.8 Å². The van der Waals surface area contributed by atoms with Crippen LogP contribution in [0.3, 0.4) is 0 Å². The second-order valence-electron chi connectivity index (χ2n) is 7.37. The fourth-order valence-electron chi connectivity index (χ4n) is 2.95. The molecular weight excluding hydrogens is 332 g/mol. The topological polar surface area (TPSA) is 67.9 Å². The Labute approximate surface area is 155 Å². The Balaban J connectivity index is 1.92. The Morgan fingerprint density at radius 3 is 2.62 bits per heavy atom. The predicted molar refractivity (Wildman–Crippen MR) is 99.7 cm³/mol. The van der Waals surface area contributed by atoms with Crippen LogP contribution in [-0.2, 0) is 16.1 Å². The van der Waals surface area contributed by atoms with Gasteiger partial charge in [-0.05, 0) is 39.2 Å². The molecule has 2 atom stereocenters. The van der Waals surface area contributed by atoms with Crippen molar-refractivity contribution in [1.82, 2.24) is 10.2 Å². The lowest BCUT2D eigenvalue weighted by molar-refractivity contribution is 0.0216. The van der Waals surface area contributed by atoms with Crippen molar-refractivity contribution >= 4 is 12.2 Å². The molecule has 1 heterocycles. The zero-order chi connectivity index (χ0) is 19.2. The first-order chi connectivity index (χ1) is 12.3. The van der Waals surface area contributed by atoms with Crippen LogP contribution in [0.1, 0.15) is 39.2 Å². The van der Waals surface area contributed by atoms with Gasteiger partial charge in [0.05, 0.1) is 12.1 Å². The summed E-state index contributed by atoms with van der Waals surface area (Å²) >= 11 is 0. The third-order valence-electron chi connectivity index (χ3n) is 4.10. The minimum absolute atomic E-state index is 0.188. The van der Waals surface area contributed by atoms with E-state index in [0.29, 0.717) is 19.4 Å². The number of likely N-dealkylation sites (tertiary alicyclic amines) is 1. The molecule has 1 saturated heterocycles. The fourth-order valence-corrected chi connectivity index (χ4v) is 2.95. The molecule has 2 rings (SSSR count). The summed E-state index contributed by atoms with van der Waals surface area (Å²) in [7, 11) is 0. The molecule has 6 nitrogen and oxygen atoms in total. The minimum atomic E-state index is -0.560. The highest BCUT2D eigenvalue weighted by Gasteiger charge is 2.39. The summed E-state index contributed by atoms with van der Waals surface area (Å²) in [6.45, 7) is 9.99. The molecule has 1 N–H and O–H groups in total. The van der Waals surface area contributed by atoms with Gasteiger partial charge >= 0.3 is 12.2 Å². The quantitative estimate of drug-likeness (QED) is 0.810. The zero-order valence-corrected chi connectivity index (χ0v) is 15.7. The van der Waals surface area contributed by atoms with Gasteiger partial charge in [0, 0.05) is 6.54 Å². The third-order valence-corrected chi connectivity index (χ3v) is 4.10. The highest BCUT2D eigenvalue weighted by molar-refractivity contribution is 5.71. The summed E-state index contributed by atoms with van der Waals surface area (Å²) in [6, 6.07) is 9.11. The van der Waals surface area contributed by atoms with Crippen LogP contribution in [0.5, 0.6) is 0 Å². The van der Waals surface area contributed by atoms with Crippen LogP contribution in [-0.4, -0.2) is 41.3 Å². The van der Waals surface area contributed by atoms with E-state index in [4.69, 9.17) is 9.47 Å². The van der Waals surface area contributed by atoms with Gasteiger partial charge in [-0.2, -0.15) is 0 Å². The Morgan fingerprint density at radius 2 is 2.00 bits per heavy atom. The molecule has 142 valence electrons. The molecule has 1 aromatic carbocycles. The van der Waals surface area contributed by atoms with E-state index in [1.54, 1.807) is 11.0 Å². The Bertz CT molecular complexity index is 624. The summed E-state index contributed by atoms with van der Waals surface area (Å²) in [6.07, 6.45) is 2.11. The maximum absolute atomic E-state index is 12.4. The highest BCUT2D eigenvalue weighted by atomic mass is 16.6. The molecule has 26 heavy (non-hydrogen) atoms. The van der Waals surface area contributed by atoms with E-state index in [9.17, 15) is 9.59 Å². The lowest BCUT2D eigenvalue weighted by Gasteiger charge is -2.30. The molecule has 1 unspecified atom stereocenters. The number of benzene rings is 1. The van der Waals surface area contributed by atoms with Crippen LogP contribution in [0, 0.1) is 0 Å². The molecule has 1 aromatic rings. The van der Waals surface area contributed by atoms with Gasteiger partial charge in [-0.3, -0.25) is 0 Å². The Hall–Kier alpha value is -2.50. The molecule has 0 spiro atoms. The van der Waals surface area contributed by atoms with E-state index in [0.717, 1.165) is 5.56 Å².